The first-order valence-electron chi connectivity index (χ1n) is 8.58. The van der Waals surface area contributed by atoms with E-state index in [1.165, 1.54) is 41.3 Å². The van der Waals surface area contributed by atoms with Crippen molar-refractivity contribution in [3.63, 3.8) is 0 Å². The second kappa shape index (κ2) is 5.66. The number of hydrogen-bond acceptors (Lipinski definition) is 3. The van der Waals surface area contributed by atoms with Crippen LogP contribution in [0.2, 0.25) is 0 Å². The maximum absolute atomic E-state index is 5.14. The van der Waals surface area contributed by atoms with E-state index in [0.717, 1.165) is 24.3 Å². The molecule has 2 aliphatic carbocycles. The van der Waals surface area contributed by atoms with Gasteiger partial charge in [0.2, 0.25) is 0 Å². The molecule has 0 aromatic carbocycles. The monoisotopic (exact) mass is 306 g/mol. The molecule has 3 rings (SSSR count). The summed E-state index contributed by atoms with van der Waals surface area (Å²) in [6.45, 7) is 12.3. The maximum atomic E-state index is 5.14. The summed E-state index contributed by atoms with van der Waals surface area (Å²) >= 11 is 1.99. The first-order valence-corrected chi connectivity index (χ1v) is 9.39. The van der Waals surface area contributed by atoms with Gasteiger partial charge < -0.3 is 5.32 Å². The van der Waals surface area contributed by atoms with Crippen LogP contribution in [0, 0.1) is 11.8 Å². The minimum atomic E-state index is 0.153. The van der Waals surface area contributed by atoms with E-state index in [1.807, 2.05) is 11.3 Å². The van der Waals surface area contributed by atoms with Crippen LogP contribution in [0.25, 0.3) is 0 Å². The molecule has 2 nitrogen and oxygen atoms in total. The van der Waals surface area contributed by atoms with Crippen LogP contribution in [0.3, 0.4) is 0 Å². The minimum Gasteiger partial charge on any atom is -0.310 e. The molecule has 3 atom stereocenters. The molecule has 2 aliphatic rings. The molecule has 1 aromatic heterocycles. The van der Waals surface area contributed by atoms with Gasteiger partial charge in [-0.2, -0.15) is 0 Å². The van der Waals surface area contributed by atoms with Crippen molar-refractivity contribution in [2.24, 2.45) is 11.8 Å². The summed E-state index contributed by atoms with van der Waals surface area (Å²) < 4.78 is 0. The molecule has 1 aromatic rings. The predicted molar refractivity (Wildman–Crippen MR) is 91.0 cm³/mol. The summed E-state index contributed by atoms with van der Waals surface area (Å²) in [5.74, 6) is 2.70. The van der Waals surface area contributed by atoms with Crippen LogP contribution < -0.4 is 5.32 Å². The molecule has 118 valence electrons. The molecule has 0 radical (unpaired) electrons. The summed E-state index contributed by atoms with van der Waals surface area (Å²) in [6, 6.07) is 0.533. The summed E-state index contributed by atoms with van der Waals surface area (Å²) in [5, 5.41) is 5.02. The molecule has 2 bridgehead atoms. The molecule has 0 saturated heterocycles. The van der Waals surface area contributed by atoms with E-state index in [9.17, 15) is 0 Å². The van der Waals surface area contributed by atoms with E-state index in [2.05, 4.69) is 39.9 Å². The Labute approximate surface area is 133 Å². The second-order valence-corrected chi connectivity index (χ2v) is 9.51. The SMILES string of the molecule is CC(C)NCc1sc(C2CC3CCC2C3)nc1C(C)(C)C. The number of nitrogens with one attached hydrogen (secondary N) is 1. The van der Waals surface area contributed by atoms with Crippen molar-refractivity contribution in [1.82, 2.24) is 10.3 Å². The third-order valence-corrected chi connectivity index (χ3v) is 6.34. The maximum Gasteiger partial charge on any atom is 0.0965 e. The predicted octanol–water partition coefficient (Wildman–Crippen LogP) is 4.84. The molecule has 0 spiro atoms. The van der Waals surface area contributed by atoms with Gasteiger partial charge in [0.15, 0.2) is 0 Å². The lowest BCUT2D eigenvalue weighted by Crippen LogP contribution is -2.23. The number of fused-ring (bicyclic) bond motifs is 2. The summed E-state index contributed by atoms with van der Waals surface area (Å²) in [5.41, 5.74) is 1.49. The molecule has 21 heavy (non-hydrogen) atoms. The molecule has 3 heteroatoms. The van der Waals surface area contributed by atoms with Gasteiger partial charge in [0.05, 0.1) is 10.7 Å². The van der Waals surface area contributed by atoms with E-state index in [-0.39, 0.29) is 5.41 Å². The van der Waals surface area contributed by atoms with Gasteiger partial charge in [-0.1, -0.05) is 41.0 Å². The lowest BCUT2D eigenvalue weighted by molar-refractivity contribution is 0.417. The Kier molecular flexibility index (Phi) is 4.17. The minimum absolute atomic E-state index is 0.153. The molecule has 1 heterocycles. The summed E-state index contributed by atoms with van der Waals surface area (Å²) in [4.78, 5) is 6.61. The number of thiazole rings is 1. The van der Waals surface area contributed by atoms with Crippen molar-refractivity contribution >= 4 is 11.3 Å². The zero-order valence-electron chi connectivity index (χ0n) is 14.2. The van der Waals surface area contributed by atoms with Gasteiger partial charge in [-0.15, -0.1) is 11.3 Å². The molecule has 0 amide bonds. The summed E-state index contributed by atoms with van der Waals surface area (Å²) in [7, 11) is 0. The molecule has 0 aliphatic heterocycles. The van der Waals surface area contributed by atoms with Crippen LogP contribution in [0.5, 0.6) is 0 Å². The number of nitrogens with zero attached hydrogens (tertiary/aromatic N) is 1. The zero-order chi connectivity index (χ0) is 15.2. The van der Waals surface area contributed by atoms with Gasteiger partial charge >= 0.3 is 0 Å². The van der Waals surface area contributed by atoms with Crippen LogP contribution in [0.15, 0.2) is 0 Å². The quantitative estimate of drug-likeness (QED) is 0.860. The zero-order valence-corrected chi connectivity index (χ0v) is 15.0. The Hall–Kier alpha value is -0.410. The van der Waals surface area contributed by atoms with Gasteiger partial charge in [-0.05, 0) is 31.1 Å². The number of hydrogen-bond donors (Lipinski definition) is 1. The highest BCUT2D eigenvalue weighted by Crippen LogP contribution is 2.54. The number of rotatable bonds is 4. The lowest BCUT2D eigenvalue weighted by atomic mass is 9.88. The van der Waals surface area contributed by atoms with Gasteiger partial charge in [-0.3, -0.25) is 0 Å². The first kappa shape index (κ1) is 15.5. The molecular weight excluding hydrogens is 276 g/mol. The van der Waals surface area contributed by atoms with Gasteiger partial charge in [0.1, 0.15) is 0 Å². The van der Waals surface area contributed by atoms with E-state index in [0.29, 0.717) is 6.04 Å². The Morgan fingerprint density at radius 2 is 2.00 bits per heavy atom. The molecule has 2 fully saturated rings. The normalized spacial score (nSPS) is 28.8. The standard InChI is InChI=1S/C18H30N2S/c1-11(2)19-10-15-16(18(3,4)5)20-17(21-15)14-9-12-6-7-13(14)8-12/h11-14,19H,6-10H2,1-5H3. The molecule has 1 N–H and O–H groups in total. The average molecular weight is 307 g/mol. The van der Waals surface area contributed by atoms with Crippen molar-refractivity contribution in [1.29, 1.82) is 0 Å². The van der Waals surface area contributed by atoms with E-state index in [4.69, 9.17) is 4.98 Å². The smallest absolute Gasteiger partial charge is 0.0965 e. The average Bonchev–Trinajstić information content (AvgIpc) is 3.09. The van der Waals surface area contributed by atoms with Crippen molar-refractivity contribution in [2.75, 3.05) is 0 Å². The van der Waals surface area contributed by atoms with Gasteiger partial charge in [-0.25, -0.2) is 4.98 Å². The Bertz CT molecular complexity index is 498. The Morgan fingerprint density at radius 3 is 2.52 bits per heavy atom. The fraction of sp³-hybridized carbons (Fsp3) is 0.833. The lowest BCUT2D eigenvalue weighted by Gasteiger charge is -2.20. The van der Waals surface area contributed by atoms with E-state index >= 15 is 0 Å². The van der Waals surface area contributed by atoms with E-state index < -0.39 is 0 Å². The van der Waals surface area contributed by atoms with Crippen LogP contribution in [0.1, 0.15) is 81.8 Å². The van der Waals surface area contributed by atoms with Gasteiger partial charge in [0.25, 0.3) is 0 Å². The fourth-order valence-electron chi connectivity index (χ4n) is 4.08. The second-order valence-electron chi connectivity index (χ2n) is 8.39. The molecular formula is C18H30N2S. The molecule has 3 unspecified atom stereocenters. The highest BCUT2D eigenvalue weighted by molar-refractivity contribution is 7.11. The van der Waals surface area contributed by atoms with Crippen molar-refractivity contribution in [3.8, 4) is 0 Å². The highest BCUT2D eigenvalue weighted by atomic mass is 32.1. The topological polar surface area (TPSA) is 24.9 Å². The van der Waals surface area contributed by atoms with Gasteiger partial charge in [0, 0.05) is 28.8 Å². The van der Waals surface area contributed by atoms with Crippen LogP contribution in [-0.2, 0) is 12.0 Å². The van der Waals surface area contributed by atoms with Crippen LogP contribution >= 0.6 is 11.3 Å². The largest absolute Gasteiger partial charge is 0.310 e. The first-order chi connectivity index (χ1) is 9.84. The Balaban J connectivity index is 1.85. The van der Waals surface area contributed by atoms with Crippen molar-refractivity contribution in [3.05, 3.63) is 15.6 Å². The third-order valence-electron chi connectivity index (χ3n) is 5.15. The van der Waals surface area contributed by atoms with Crippen molar-refractivity contribution in [2.45, 2.75) is 84.2 Å². The van der Waals surface area contributed by atoms with Crippen molar-refractivity contribution < 1.29 is 0 Å². The Morgan fingerprint density at radius 1 is 1.24 bits per heavy atom. The van der Waals surface area contributed by atoms with Crippen LogP contribution in [-0.4, -0.2) is 11.0 Å². The fourth-order valence-corrected chi connectivity index (χ4v) is 5.51. The highest BCUT2D eigenvalue weighted by Gasteiger charge is 2.42. The molecule has 2 saturated carbocycles. The van der Waals surface area contributed by atoms with E-state index in [1.54, 1.807) is 0 Å². The summed E-state index contributed by atoms with van der Waals surface area (Å²) in [6.07, 6.45) is 5.78. The van der Waals surface area contributed by atoms with Crippen LogP contribution in [0.4, 0.5) is 0 Å². The number of aromatic nitrogens is 1. The third kappa shape index (κ3) is 3.19.